The Kier molecular flexibility index (Phi) is 5.36. The van der Waals surface area contributed by atoms with Crippen LogP contribution in [0, 0.1) is 5.92 Å². The smallest absolute Gasteiger partial charge is 0.409 e. The topological polar surface area (TPSA) is 88.1 Å². The summed E-state index contributed by atoms with van der Waals surface area (Å²) in [4.78, 5) is 25.6. The Morgan fingerprint density at radius 2 is 1.96 bits per heavy atom. The summed E-state index contributed by atoms with van der Waals surface area (Å²) < 4.78 is 11.2. The molecule has 0 unspecified atom stereocenters. The van der Waals surface area contributed by atoms with E-state index in [1.807, 2.05) is 12.1 Å². The van der Waals surface area contributed by atoms with Crippen molar-refractivity contribution < 1.29 is 24.2 Å². The van der Waals surface area contributed by atoms with Gasteiger partial charge in [-0.05, 0) is 43.6 Å². The van der Waals surface area contributed by atoms with Crippen molar-refractivity contribution in [3.05, 3.63) is 29.8 Å². The minimum absolute atomic E-state index is 0.130. The van der Waals surface area contributed by atoms with Gasteiger partial charge in [-0.1, -0.05) is 12.1 Å². The van der Waals surface area contributed by atoms with E-state index in [4.69, 9.17) is 14.6 Å². The van der Waals surface area contributed by atoms with Gasteiger partial charge in [-0.3, -0.25) is 15.0 Å². The molecule has 1 aromatic rings. The molecule has 136 valence electrons. The molecule has 0 spiro atoms. The number of carbonyl (C=O) groups is 2. The lowest BCUT2D eigenvalue weighted by molar-refractivity contribution is -0.161. The molecule has 0 saturated carbocycles. The zero-order valence-corrected chi connectivity index (χ0v) is 14.4. The number of piperidine rings is 3. The summed E-state index contributed by atoms with van der Waals surface area (Å²) in [5, 5.41) is 11.0. The lowest BCUT2D eigenvalue weighted by Crippen LogP contribution is -2.69. The molecule has 3 aliphatic heterocycles. The molecule has 0 aliphatic carbocycles. The summed E-state index contributed by atoms with van der Waals surface area (Å²) in [6, 6.07) is 7.00. The quantitative estimate of drug-likeness (QED) is 0.783. The Labute approximate surface area is 146 Å². The van der Waals surface area contributed by atoms with E-state index in [9.17, 15) is 9.59 Å². The molecule has 3 heterocycles. The van der Waals surface area contributed by atoms with E-state index in [0.29, 0.717) is 25.5 Å². The third kappa shape index (κ3) is 3.68. The number of carbonyl (C=O) groups excluding carboxylic acids is 1. The van der Waals surface area contributed by atoms with Gasteiger partial charge in [-0.2, -0.15) is 0 Å². The summed E-state index contributed by atoms with van der Waals surface area (Å²) in [5.41, 5.74) is 0.769. The average molecular weight is 348 g/mol. The van der Waals surface area contributed by atoms with Crippen molar-refractivity contribution in [2.24, 2.45) is 5.92 Å². The van der Waals surface area contributed by atoms with Crippen LogP contribution in [0.25, 0.3) is 0 Å². The Morgan fingerprint density at radius 3 is 2.52 bits per heavy atom. The van der Waals surface area contributed by atoms with Crippen LogP contribution in [-0.2, 0) is 20.9 Å². The first-order valence-electron chi connectivity index (χ1n) is 8.50. The van der Waals surface area contributed by atoms with Crippen LogP contribution < -0.4 is 5.32 Å². The molecule has 3 aliphatic rings. The summed E-state index contributed by atoms with van der Waals surface area (Å²) in [6.07, 6.45) is 0.774. The van der Waals surface area contributed by atoms with Gasteiger partial charge in [0.1, 0.15) is 5.54 Å². The van der Waals surface area contributed by atoms with Crippen LogP contribution in [-0.4, -0.2) is 60.8 Å². The third-order valence-corrected chi connectivity index (χ3v) is 5.13. The third-order valence-electron chi connectivity index (χ3n) is 5.13. The summed E-state index contributed by atoms with van der Waals surface area (Å²) in [6.45, 7) is 2.86. The molecular weight excluding hydrogens is 324 g/mol. The molecule has 7 nitrogen and oxygen atoms in total. The number of nitrogens with one attached hydrogen (secondary N) is 1. The number of ether oxygens (including phenoxy) is 2. The molecule has 2 N–H and O–H groups in total. The molecule has 2 bridgehead atoms. The van der Waals surface area contributed by atoms with Crippen molar-refractivity contribution in [3.63, 3.8) is 0 Å². The standard InChI is InChI=1S/C18H24N2O5/c1-24-11-18(16(21)14-6-8-20(18)9-7-14)12-25-10-13-2-4-15(5-3-13)19-17(22)23/h2-5,14,19H,6-12H2,1H3,(H,22,23)/t18-/m1/s1. The van der Waals surface area contributed by atoms with Crippen molar-refractivity contribution in [3.8, 4) is 0 Å². The number of rotatable bonds is 7. The summed E-state index contributed by atoms with van der Waals surface area (Å²) in [7, 11) is 1.62. The number of methoxy groups -OCH3 is 1. The van der Waals surface area contributed by atoms with Gasteiger partial charge in [0.05, 0.1) is 19.8 Å². The Morgan fingerprint density at radius 1 is 1.28 bits per heavy atom. The highest BCUT2D eigenvalue weighted by Gasteiger charge is 2.53. The zero-order valence-electron chi connectivity index (χ0n) is 14.4. The highest BCUT2D eigenvalue weighted by molar-refractivity contribution is 5.92. The molecule has 25 heavy (non-hydrogen) atoms. The monoisotopic (exact) mass is 348 g/mol. The fourth-order valence-corrected chi connectivity index (χ4v) is 3.86. The summed E-state index contributed by atoms with van der Waals surface area (Å²) >= 11 is 0. The highest BCUT2D eigenvalue weighted by Crippen LogP contribution is 2.37. The molecule has 1 aromatic carbocycles. The first-order valence-corrected chi connectivity index (χ1v) is 8.50. The molecule has 0 radical (unpaired) electrons. The SMILES string of the molecule is COC[C@@]1(COCc2ccc(NC(=O)O)cc2)C(=O)C2CCN1CC2. The van der Waals surface area contributed by atoms with Crippen LogP contribution in [0.5, 0.6) is 0 Å². The number of ketones is 1. The second-order valence-corrected chi connectivity index (χ2v) is 6.71. The molecule has 7 heteroatoms. The number of hydrogen-bond donors (Lipinski definition) is 2. The van der Waals surface area contributed by atoms with E-state index in [1.165, 1.54) is 0 Å². The number of benzene rings is 1. The van der Waals surface area contributed by atoms with Gasteiger partial charge in [0.15, 0.2) is 5.78 Å². The maximum atomic E-state index is 12.8. The number of Topliss-reactive ketones (excluding diaryl/α,β-unsaturated/α-hetero) is 1. The molecule has 0 aromatic heterocycles. The van der Waals surface area contributed by atoms with Crippen LogP contribution in [0.3, 0.4) is 0 Å². The van der Waals surface area contributed by atoms with Crippen molar-refractivity contribution in [1.82, 2.24) is 4.90 Å². The number of anilines is 1. The predicted octanol–water partition coefficient (Wildman–Crippen LogP) is 1.97. The second kappa shape index (κ2) is 7.51. The highest BCUT2D eigenvalue weighted by atomic mass is 16.5. The van der Waals surface area contributed by atoms with E-state index in [0.717, 1.165) is 31.5 Å². The van der Waals surface area contributed by atoms with Crippen LogP contribution in [0.2, 0.25) is 0 Å². The number of nitrogens with zero attached hydrogens (tertiary/aromatic N) is 1. The van der Waals surface area contributed by atoms with Gasteiger partial charge in [-0.15, -0.1) is 0 Å². The number of amides is 1. The lowest BCUT2D eigenvalue weighted by atomic mass is 9.74. The van der Waals surface area contributed by atoms with Crippen molar-refractivity contribution in [1.29, 1.82) is 0 Å². The van der Waals surface area contributed by atoms with Gasteiger partial charge < -0.3 is 14.6 Å². The first-order chi connectivity index (χ1) is 12.0. The summed E-state index contributed by atoms with van der Waals surface area (Å²) in [5.74, 6) is 0.373. The van der Waals surface area contributed by atoms with Crippen LogP contribution >= 0.6 is 0 Å². The molecule has 3 saturated heterocycles. The van der Waals surface area contributed by atoms with Crippen LogP contribution in [0.1, 0.15) is 18.4 Å². The zero-order chi connectivity index (χ0) is 17.9. The van der Waals surface area contributed by atoms with Gasteiger partial charge >= 0.3 is 6.09 Å². The molecule has 1 amide bonds. The van der Waals surface area contributed by atoms with E-state index in [1.54, 1.807) is 19.2 Å². The van der Waals surface area contributed by atoms with Gasteiger partial charge in [0.25, 0.3) is 0 Å². The van der Waals surface area contributed by atoms with Crippen molar-refractivity contribution in [2.75, 3.05) is 38.7 Å². The molecule has 1 atom stereocenters. The van der Waals surface area contributed by atoms with Gasteiger partial charge in [-0.25, -0.2) is 4.79 Å². The Bertz CT molecular complexity index is 625. The molecule has 3 fully saturated rings. The predicted molar refractivity (Wildman–Crippen MR) is 91.7 cm³/mol. The number of fused-ring (bicyclic) bond motifs is 3. The maximum Gasteiger partial charge on any atom is 0.409 e. The van der Waals surface area contributed by atoms with Gasteiger partial charge in [0.2, 0.25) is 0 Å². The van der Waals surface area contributed by atoms with Crippen LogP contribution in [0.4, 0.5) is 10.5 Å². The van der Waals surface area contributed by atoms with E-state index in [-0.39, 0.29) is 11.7 Å². The Hall–Kier alpha value is -1.96. The lowest BCUT2D eigenvalue weighted by Gasteiger charge is -2.52. The normalized spacial score (nSPS) is 28.1. The largest absolute Gasteiger partial charge is 0.465 e. The molecule has 4 rings (SSSR count). The number of hydrogen-bond acceptors (Lipinski definition) is 5. The van der Waals surface area contributed by atoms with E-state index >= 15 is 0 Å². The molecular formula is C18H24N2O5. The maximum absolute atomic E-state index is 12.8. The second-order valence-electron chi connectivity index (χ2n) is 6.71. The van der Waals surface area contributed by atoms with Crippen molar-refractivity contribution in [2.45, 2.75) is 25.0 Å². The van der Waals surface area contributed by atoms with E-state index in [2.05, 4.69) is 10.2 Å². The fourth-order valence-electron chi connectivity index (χ4n) is 3.86. The number of carboxylic acid groups (broad SMARTS) is 1. The fraction of sp³-hybridized carbons (Fsp3) is 0.556. The van der Waals surface area contributed by atoms with Crippen molar-refractivity contribution >= 4 is 17.6 Å². The minimum atomic E-state index is -1.09. The average Bonchev–Trinajstić information content (AvgIpc) is 2.60. The Balaban J connectivity index is 1.61. The minimum Gasteiger partial charge on any atom is -0.465 e. The first kappa shape index (κ1) is 17.8. The van der Waals surface area contributed by atoms with E-state index < -0.39 is 11.6 Å². The van der Waals surface area contributed by atoms with Crippen LogP contribution in [0.15, 0.2) is 24.3 Å². The van der Waals surface area contributed by atoms with Gasteiger partial charge in [0, 0.05) is 18.7 Å².